The third-order valence-corrected chi connectivity index (χ3v) is 15.3. The van der Waals surface area contributed by atoms with Gasteiger partial charge in [0.15, 0.2) is 5.60 Å². The van der Waals surface area contributed by atoms with Crippen LogP contribution >= 0.6 is 0 Å². The van der Waals surface area contributed by atoms with Crippen LogP contribution in [0.15, 0.2) is 72.9 Å². The van der Waals surface area contributed by atoms with E-state index in [-0.39, 0.29) is 36.2 Å². The fraction of sp³-hybridized carbons (Fsp3) is 0.421. The van der Waals surface area contributed by atoms with E-state index in [1.165, 1.54) is 5.19 Å². The molecule has 0 radical (unpaired) electrons. The van der Waals surface area contributed by atoms with Crippen LogP contribution in [0.1, 0.15) is 30.2 Å². The number of carbonyl (C=O) groups is 2. The molecule has 1 aromatic heterocycles. The number of hydrogen-bond donors (Lipinski definition) is 1. The Labute approximate surface area is 298 Å². The van der Waals surface area contributed by atoms with Crippen molar-refractivity contribution in [2.45, 2.75) is 63.2 Å². The summed E-state index contributed by atoms with van der Waals surface area (Å²) in [4.78, 5) is 31.0. The number of rotatable bonds is 12. The Hall–Kier alpha value is -4.72. The predicted octanol–water partition coefficient (Wildman–Crippen LogP) is 4.64. The summed E-state index contributed by atoms with van der Waals surface area (Å²) in [6, 6.07) is 21.8. The van der Waals surface area contributed by atoms with Gasteiger partial charge in [0.2, 0.25) is 0 Å². The molecule has 51 heavy (non-hydrogen) atoms. The Bertz CT molecular complexity index is 1920. The fourth-order valence-electron chi connectivity index (χ4n) is 8.42. The van der Waals surface area contributed by atoms with Crippen LogP contribution in [-0.4, -0.2) is 80.3 Å². The first-order valence-electron chi connectivity index (χ1n) is 17.5. The van der Waals surface area contributed by atoms with Gasteiger partial charge in [-0.05, 0) is 60.0 Å². The predicted molar refractivity (Wildman–Crippen MR) is 194 cm³/mol. The van der Waals surface area contributed by atoms with Gasteiger partial charge in [-0.3, -0.25) is 14.4 Å². The van der Waals surface area contributed by atoms with Crippen molar-refractivity contribution in [2.75, 3.05) is 43.8 Å². The molecule has 0 bridgehead atoms. The van der Waals surface area contributed by atoms with E-state index in [1.54, 1.807) is 23.8 Å². The van der Waals surface area contributed by atoms with E-state index in [0.717, 1.165) is 33.9 Å². The van der Waals surface area contributed by atoms with Crippen LogP contribution in [0.2, 0.25) is 18.6 Å². The molecule has 2 fully saturated rings. The number of aromatic nitrogens is 3. The van der Waals surface area contributed by atoms with Gasteiger partial charge < -0.3 is 29.0 Å². The van der Waals surface area contributed by atoms with Crippen LogP contribution < -0.4 is 24.5 Å². The molecule has 3 aromatic carbocycles. The SMILES string of the molecule is COc1ccc([Si](C)(C)[C@H]2[C@H](CCn3cc(CCO)nn3)O[C@@]3(C(=O)N(Cc4cccc(N5CCOC5=O)c4)c4ccc(OC)cc43)[C@@H]2C)cc1. The Morgan fingerprint density at radius 3 is 2.49 bits per heavy atom. The van der Waals surface area contributed by atoms with E-state index in [9.17, 15) is 9.90 Å². The van der Waals surface area contributed by atoms with Crippen LogP contribution in [-0.2, 0) is 39.4 Å². The molecule has 3 aliphatic heterocycles. The highest BCUT2D eigenvalue weighted by molar-refractivity contribution is 6.91. The summed E-state index contributed by atoms with van der Waals surface area (Å²) in [7, 11) is 0.941. The molecular weight excluding hydrogens is 667 g/mol. The summed E-state index contributed by atoms with van der Waals surface area (Å²) in [6.07, 6.45) is 2.27. The minimum absolute atomic E-state index is 0.00472. The molecule has 268 valence electrons. The van der Waals surface area contributed by atoms with Crippen molar-refractivity contribution < 1.29 is 33.6 Å². The maximum Gasteiger partial charge on any atom is 0.414 e. The van der Waals surface area contributed by atoms with Gasteiger partial charge in [0.25, 0.3) is 5.91 Å². The zero-order chi connectivity index (χ0) is 35.9. The van der Waals surface area contributed by atoms with Crippen molar-refractivity contribution in [1.29, 1.82) is 0 Å². The average molecular weight is 712 g/mol. The number of aliphatic hydroxyl groups is 1. The van der Waals surface area contributed by atoms with E-state index < -0.39 is 13.7 Å². The Balaban J connectivity index is 1.28. The molecule has 4 aromatic rings. The van der Waals surface area contributed by atoms with Gasteiger partial charge in [0.05, 0.1) is 52.9 Å². The lowest BCUT2D eigenvalue weighted by Gasteiger charge is -2.37. The zero-order valence-electron chi connectivity index (χ0n) is 29.7. The van der Waals surface area contributed by atoms with Gasteiger partial charge in [0.1, 0.15) is 18.1 Å². The number of amides is 2. The standard InChI is InChI=1S/C38H45N5O7Si/c1-25-35(51(4,5)31-12-9-29(47-2)10-13-31)34(15-17-41-24-27(16-19-44)39-40-41)50-38(25)32-22-30(48-3)11-14-33(32)43(36(38)45)23-26-7-6-8-28(21-26)42-18-20-49-37(42)46/h6-14,21-22,24-25,34-35,44H,15-20,23H2,1-5H3/t25-,34+,35-,38+/m1/s1. The number of nitrogens with zero attached hydrogens (tertiary/aromatic N) is 5. The first kappa shape index (κ1) is 34.7. The van der Waals surface area contributed by atoms with Crippen molar-refractivity contribution in [1.82, 2.24) is 15.0 Å². The molecule has 0 saturated carbocycles. The molecular formula is C38H45N5O7Si. The van der Waals surface area contributed by atoms with Crippen molar-refractivity contribution in [2.24, 2.45) is 5.92 Å². The summed E-state index contributed by atoms with van der Waals surface area (Å²) < 4.78 is 25.5. The number of cyclic esters (lactones) is 1. The lowest BCUT2D eigenvalue weighted by molar-refractivity contribution is -0.146. The maximum atomic E-state index is 15.2. The third kappa shape index (κ3) is 6.06. The lowest BCUT2D eigenvalue weighted by Crippen LogP contribution is -2.51. The first-order chi connectivity index (χ1) is 24.6. The van der Waals surface area contributed by atoms with E-state index in [4.69, 9.17) is 18.9 Å². The van der Waals surface area contributed by atoms with Crippen molar-refractivity contribution in [3.05, 3.63) is 89.7 Å². The van der Waals surface area contributed by atoms with E-state index in [1.807, 2.05) is 65.7 Å². The third-order valence-electron chi connectivity index (χ3n) is 11.0. The Kier molecular flexibility index (Phi) is 9.38. The van der Waals surface area contributed by atoms with E-state index in [2.05, 4.69) is 42.5 Å². The van der Waals surface area contributed by atoms with Crippen molar-refractivity contribution in [3.63, 3.8) is 0 Å². The smallest absolute Gasteiger partial charge is 0.414 e. The molecule has 0 aliphatic carbocycles. The minimum atomic E-state index is -2.36. The lowest BCUT2D eigenvalue weighted by atomic mass is 9.82. The quantitative estimate of drug-likeness (QED) is 0.209. The maximum absolute atomic E-state index is 15.2. The van der Waals surface area contributed by atoms with Crippen molar-refractivity contribution >= 4 is 36.6 Å². The summed E-state index contributed by atoms with van der Waals surface area (Å²) in [5.74, 6) is 1.15. The molecule has 12 nitrogen and oxygen atoms in total. The molecule has 7 rings (SSSR count). The largest absolute Gasteiger partial charge is 0.497 e. The number of fused-ring (bicyclic) bond motifs is 2. The van der Waals surface area contributed by atoms with Gasteiger partial charge in [0, 0.05) is 42.9 Å². The second-order valence-corrected chi connectivity index (χ2v) is 18.8. The summed E-state index contributed by atoms with van der Waals surface area (Å²) in [5.41, 5.74) is 2.72. The second kappa shape index (κ2) is 13.8. The molecule has 3 aliphatic rings. The summed E-state index contributed by atoms with van der Waals surface area (Å²) in [5, 5.41) is 19.2. The summed E-state index contributed by atoms with van der Waals surface area (Å²) >= 11 is 0. The van der Waals surface area contributed by atoms with Gasteiger partial charge in [-0.1, -0.05) is 54.7 Å². The van der Waals surface area contributed by atoms with Gasteiger partial charge in [-0.25, -0.2) is 4.79 Å². The monoisotopic (exact) mass is 711 g/mol. The second-order valence-electron chi connectivity index (χ2n) is 14.1. The van der Waals surface area contributed by atoms with Gasteiger partial charge >= 0.3 is 6.09 Å². The number of ether oxygens (including phenoxy) is 4. The first-order valence-corrected chi connectivity index (χ1v) is 20.5. The van der Waals surface area contributed by atoms with Crippen LogP contribution in [0.25, 0.3) is 0 Å². The number of aryl methyl sites for hydroxylation is 1. The number of anilines is 2. The van der Waals surface area contributed by atoms with Crippen LogP contribution in [0.3, 0.4) is 0 Å². The molecule has 2 saturated heterocycles. The Morgan fingerprint density at radius 1 is 1.02 bits per heavy atom. The highest BCUT2D eigenvalue weighted by Crippen LogP contribution is 2.60. The molecule has 4 atom stereocenters. The van der Waals surface area contributed by atoms with Gasteiger partial charge in [-0.15, -0.1) is 5.10 Å². The molecule has 1 spiro atoms. The Morgan fingerprint density at radius 2 is 1.78 bits per heavy atom. The van der Waals surface area contributed by atoms with Gasteiger partial charge in [-0.2, -0.15) is 0 Å². The highest BCUT2D eigenvalue weighted by atomic mass is 28.3. The average Bonchev–Trinajstić information content (AvgIpc) is 3.90. The number of methoxy groups -OCH3 is 2. The number of hydrogen-bond acceptors (Lipinski definition) is 9. The van der Waals surface area contributed by atoms with Crippen LogP contribution in [0, 0.1) is 5.92 Å². The van der Waals surface area contributed by atoms with Crippen LogP contribution in [0.4, 0.5) is 16.2 Å². The fourth-order valence-corrected chi connectivity index (χ4v) is 12.5. The number of benzene rings is 3. The molecule has 4 heterocycles. The van der Waals surface area contributed by atoms with Crippen LogP contribution in [0.5, 0.6) is 11.5 Å². The van der Waals surface area contributed by atoms with E-state index in [0.29, 0.717) is 44.8 Å². The van der Waals surface area contributed by atoms with Crippen molar-refractivity contribution in [3.8, 4) is 11.5 Å². The summed E-state index contributed by atoms with van der Waals surface area (Å²) in [6.45, 7) is 8.57. The molecule has 2 amide bonds. The molecule has 0 unspecified atom stereocenters. The van der Waals surface area contributed by atoms with E-state index >= 15 is 4.79 Å². The highest BCUT2D eigenvalue weighted by Gasteiger charge is 2.66. The number of carbonyl (C=O) groups excluding carboxylic acids is 2. The number of aliphatic hydroxyl groups excluding tert-OH is 1. The minimum Gasteiger partial charge on any atom is -0.497 e. The molecule has 13 heteroatoms. The topological polar surface area (TPSA) is 128 Å². The normalized spacial score (nSPS) is 22.9. The molecule has 1 N–H and O–H groups in total. The zero-order valence-corrected chi connectivity index (χ0v) is 30.7.